The van der Waals surface area contributed by atoms with Crippen LogP contribution in [0, 0.1) is 5.92 Å². The second kappa shape index (κ2) is 10.2. The molecule has 0 bridgehead atoms. The number of benzene rings is 2. The summed E-state index contributed by atoms with van der Waals surface area (Å²) in [6.45, 7) is 3.17. The molecule has 2 aromatic rings. The third-order valence-electron chi connectivity index (χ3n) is 7.73. The molecule has 2 fully saturated rings. The molecule has 172 valence electrons. The van der Waals surface area contributed by atoms with Crippen molar-refractivity contribution >= 4 is 5.97 Å². The number of carbonyl (C=O) groups excluding carboxylic acids is 1. The van der Waals surface area contributed by atoms with Crippen LogP contribution in [0.25, 0.3) is 0 Å². The summed E-state index contributed by atoms with van der Waals surface area (Å²) < 4.78 is 7.03. The molecular formula is C28H38NO3+. The third kappa shape index (κ3) is 5.24. The molecule has 2 aromatic carbocycles. The number of hydrogen-bond acceptors (Lipinski definition) is 3. The van der Waals surface area contributed by atoms with E-state index in [9.17, 15) is 9.90 Å². The van der Waals surface area contributed by atoms with Crippen molar-refractivity contribution in [3.05, 3.63) is 71.8 Å². The number of quaternary nitrogens is 1. The van der Waals surface area contributed by atoms with Gasteiger partial charge in [0.1, 0.15) is 6.10 Å². The standard InChI is InChI=1S/C28H38NO3/c1-29(20-10-13-23-11-4-2-5-12-23)21-18-26(19-22-29)32-27(30)28(31,25-16-8-9-17-25)24-14-6-3-7-15-24/h2-7,11-12,14-15,25-26,31H,8-10,13,16-22H2,1H3/q+1/t26?,28-,29?/m0/s1. The van der Waals surface area contributed by atoms with Crippen molar-refractivity contribution in [3.8, 4) is 0 Å². The van der Waals surface area contributed by atoms with Gasteiger partial charge in [-0.15, -0.1) is 0 Å². The number of ether oxygens (including phenoxy) is 1. The fourth-order valence-electron chi connectivity index (χ4n) is 5.62. The SMILES string of the molecule is C[N+]1(CCCc2ccccc2)CCC(OC(=O)[C@](O)(c2ccccc2)C2CCCC2)CC1. The summed E-state index contributed by atoms with van der Waals surface area (Å²) in [4.78, 5) is 13.3. The Morgan fingerprint density at radius 1 is 0.969 bits per heavy atom. The van der Waals surface area contributed by atoms with Gasteiger partial charge in [0, 0.05) is 25.2 Å². The highest BCUT2D eigenvalue weighted by atomic mass is 16.6. The summed E-state index contributed by atoms with van der Waals surface area (Å²) >= 11 is 0. The Morgan fingerprint density at radius 2 is 1.56 bits per heavy atom. The first-order chi connectivity index (χ1) is 15.5. The Balaban J connectivity index is 1.32. The number of nitrogens with zero attached hydrogens (tertiary/aromatic N) is 1. The van der Waals surface area contributed by atoms with Gasteiger partial charge in [0.15, 0.2) is 5.60 Å². The first-order valence-corrected chi connectivity index (χ1v) is 12.4. The number of hydrogen-bond donors (Lipinski definition) is 1. The summed E-state index contributed by atoms with van der Waals surface area (Å²) in [7, 11) is 2.32. The minimum atomic E-state index is -1.52. The molecular weight excluding hydrogens is 398 g/mol. The Bertz CT molecular complexity index is 855. The molecule has 0 unspecified atom stereocenters. The van der Waals surface area contributed by atoms with Crippen LogP contribution in [0.4, 0.5) is 0 Å². The summed E-state index contributed by atoms with van der Waals surface area (Å²) in [5.74, 6) is -0.499. The lowest BCUT2D eigenvalue weighted by molar-refractivity contribution is -0.915. The van der Waals surface area contributed by atoms with E-state index in [1.165, 1.54) is 12.0 Å². The Morgan fingerprint density at radius 3 is 2.19 bits per heavy atom. The van der Waals surface area contributed by atoms with Crippen molar-refractivity contribution in [2.45, 2.75) is 63.1 Å². The average molecular weight is 437 g/mol. The molecule has 1 N–H and O–H groups in total. The molecule has 1 saturated carbocycles. The van der Waals surface area contributed by atoms with Crippen molar-refractivity contribution < 1.29 is 19.1 Å². The highest BCUT2D eigenvalue weighted by Gasteiger charge is 2.49. The fraction of sp³-hybridized carbons (Fsp3) is 0.536. The van der Waals surface area contributed by atoms with Crippen molar-refractivity contribution in [3.63, 3.8) is 0 Å². The monoisotopic (exact) mass is 436 g/mol. The van der Waals surface area contributed by atoms with Gasteiger partial charge >= 0.3 is 5.97 Å². The smallest absolute Gasteiger partial charge is 0.343 e. The van der Waals surface area contributed by atoms with E-state index in [0.29, 0.717) is 5.56 Å². The van der Waals surface area contributed by atoms with E-state index < -0.39 is 11.6 Å². The van der Waals surface area contributed by atoms with Gasteiger partial charge in [0.2, 0.25) is 0 Å². The first-order valence-electron chi connectivity index (χ1n) is 12.4. The molecule has 1 heterocycles. The Kier molecular flexibility index (Phi) is 7.32. The van der Waals surface area contributed by atoms with Crippen LogP contribution in [0.2, 0.25) is 0 Å². The molecule has 0 radical (unpaired) electrons. The minimum absolute atomic E-state index is 0.0555. The second-order valence-electron chi connectivity index (χ2n) is 10.1. The number of likely N-dealkylation sites (tertiary alicyclic amines) is 1. The van der Waals surface area contributed by atoms with Crippen LogP contribution in [0.15, 0.2) is 60.7 Å². The van der Waals surface area contributed by atoms with Gasteiger partial charge in [-0.2, -0.15) is 0 Å². The second-order valence-corrected chi connectivity index (χ2v) is 10.1. The van der Waals surface area contributed by atoms with Gasteiger partial charge in [-0.1, -0.05) is 73.5 Å². The van der Waals surface area contributed by atoms with Crippen molar-refractivity contribution in [2.24, 2.45) is 5.92 Å². The number of piperidine rings is 1. The maximum Gasteiger partial charge on any atom is 0.343 e. The summed E-state index contributed by atoms with van der Waals surface area (Å²) in [5, 5.41) is 11.6. The molecule has 1 aliphatic heterocycles. The molecule has 2 aliphatic rings. The van der Waals surface area contributed by atoms with Crippen LogP contribution in [0.3, 0.4) is 0 Å². The molecule has 32 heavy (non-hydrogen) atoms. The molecule has 1 aliphatic carbocycles. The number of rotatable bonds is 8. The topological polar surface area (TPSA) is 46.5 Å². The molecule has 0 aromatic heterocycles. The zero-order chi connectivity index (χ0) is 22.4. The van der Waals surface area contributed by atoms with Crippen LogP contribution < -0.4 is 0 Å². The van der Waals surface area contributed by atoms with Crippen molar-refractivity contribution in [1.82, 2.24) is 0 Å². The number of aryl methyl sites for hydroxylation is 1. The molecule has 1 saturated heterocycles. The van der Waals surface area contributed by atoms with Gasteiger partial charge in [-0.3, -0.25) is 0 Å². The van der Waals surface area contributed by atoms with E-state index >= 15 is 0 Å². The van der Waals surface area contributed by atoms with Gasteiger partial charge in [-0.25, -0.2) is 4.79 Å². The quantitative estimate of drug-likeness (QED) is 0.475. The van der Waals surface area contributed by atoms with Gasteiger partial charge in [0.25, 0.3) is 0 Å². The van der Waals surface area contributed by atoms with E-state index in [1.807, 2.05) is 30.3 Å². The minimum Gasteiger partial charge on any atom is -0.460 e. The van der Waals surface area contributed by atoms with Gasteiger partial charge < -0.3 is 14.3 Å². The molecule has 0 spiro atoms. The molecule has 4 rings (SSSR count). The molecule has 4 nitrogen and oxygen atoms in total. The normalized spacial score (nSPS) is 25.9. The zero-order valence-corrected chi connectivity index (χ0v) is 19.4. The maximum atomic E-state index is 13.3. The lowest BCUT2D eigenvalue weighted by Gasteiger charge is -2.41. The highest BCUT2D eigenvalue weighted by molar-refractivity contribution is 5.81. The van der Waals surface area contributed by atoms with Crippen LogP contribution in [0.1, 0.15) is 56.1 Å². The number of aliphatic hydroxyl groups is 1. The van der Waals surface area contributed by atoms with E-state index in [2.05, 4.69) is 37.4 Å². The van der Waals surface area contributed by atoms with E-state index in [1.54, 1.807) is 0 Å². The lowest BCUT2D eigenvalue weighted by Crippen LogP contribution is -2.53. The largest absolute Gasteiger partial charge is 0.460 e. The number of esters is 1. The summed E-state index contributed by atoms with van der Waals surface area (Å²) in [6, 6.07) is 20.1. The first kappa shape index (κ1) is 23.0. The Labute approximate surface area is 192 Å². The maximum absolute atomic E-state index is 13.3. The number of carbonyl (C=O) groups is 1. The molecule has 0 amide bonds. The van der Waals surface area contributed by atoms with Crippen LogP contribution in [-0.2, 0) is 21.6 Å². The predicted molar refractivity (Wildman–Crippen MR) is 127 cm³/mol. The van der Waals surface area contributed by atoms with E-state index in [4.69, 9.17) is 4.74 Å². The van der Waals surface area contributed by atoms with Crippen LogP contribution >= 0.6 is 0 Å². The third-order valence-corrected chi connectivity index (χ3v) is 7.73. The zero-order valence-electron chi connectivity index (χ0n) is 19.4. The van der Waals surface area contributed by atoms with Gasteiger partial charge in [0.05, 0.1) is 26.7 Å². The molecule has 4 heteroatoms. The highest BCUT2D eigenvalue weighted by Crippen LogP contribution is 2.42. The van der Waals surface area contributed by atoms with E-state index in [-0.39, 0.29) is 12.0 Å². The van der Waals surface area contributed by atoms with Crippen molar-refractivity contribution in [2.75, 3.05) is 26.7 Å². The molecule has 1 atom stereocenters. The van der Waals surface area contributed by atoms with E-state index in [0.717, 1.165) is 69.1 Å². The average Bonchev–Trinajstić information content (AvgIpc) is 3.37. The van der Waals surface area contributed by atoms with Gasteiger partial charge in [-0.05, 0) is 30.4 Å². The Hall–Kier alpha value is -2.17. The predicted octanol–water partition coefficient (Wildman–Crippen LogP) is 4.85. The lowest BCUT2D eigenvalue weighted by atomic mass is 9.80. The van der Waals surface area contributed by atoms with Crippen molar-refractivity contribution in [1.29, 1.82) is 0 Å². The van der Waals surface area contributed by atoms with Crippen LogP contribution in [0.5, 0.6) is 0 Å². The van der Waals surface area contributed by atoms with Crippen LogP contribution in [-0.4, -0.2) is 48.3 Å². The fourth-order valence-corrected chi connectivity index (χ4v) is 5.62. The summed E-state index contributed by atoms with van der Waals surface area (Å²) in [5.41, 5.74) is 0.549. The summed E-state index contributed by atoms with van der Waals surface area (Å²) in [6.07, 6.45) is 7.79.